The Hall–Kier alpha value is -3.02. The zero-order valence-corrected chi connectivity index (χ0v) is 11.8. The highest BCUT2D eigenvalue weighted by Gasteiger charge is 2.04. The van der Waals surface area contributed by atoms with E-state index in [2.05, 4.69) is 20.3 Å². The minimum atomic E-state index is -0.300. The van der Waals surface area contributed by atoms with E-state index in [9.17, 15) is 4.39 Å². The lowest BCUT2D eigenvalue weighted by molar-refractivity contribution is 0.475. The highest BCUT2D eigenvalue weighted by Crippen LogP contribution is 2.25. The van der Waals surface area contributed by atoms with Gasteiger partial charge < -0.3 is 10.1 Å². The van der Waals surface area contributed by atoms with E-state index in [1.54, 1.807) is 49.6 Å². The van der Waals surface area contributed by atoms with E-state index in [0.717, 1.165) is 0 Å². The number of aromatic nitrogens is 3. The largest absolute Gasteiger partial charge is 0.457 e. The molecule has 0 spiro atoms. The number of nitrogens with one attached hydrogen (secondary N) is 1. The first-order valence-electron chi connectivity index (χ1n) is 6.64. The van der Waals surface area contributed by atoms with Crippen LogP contribution in [0.15, 0.2) is 55.1 Å². The van der Waals surface area contributed by atoms with Crippen LogP contribution >= 0.6 is 0 Å². The molecule has 0 radical (unpaired) electrons. The van der Waals surface area contributed by atoms with Gasteiger partial charge in [-0.1, -0.05) is 6.07 Å². The smallest absolute Gasteiger partial charge is 0.135 e. The fourth-order valence-corrected chi connectivity index (χ4v) is 1.81. The summed E-state index contributed by atoms with van der Waals surface area (Å²) < 4.78 is 19.2. The Kier molecular flexibility index (Phi) is 3.91. The van der Waals surface area contributed by atoms with Crippen LogP contribution in [0.2, 0.25) is 0 Å². The van der Waals surface area contributed by atoms with Crippen molar-refractivity contribution in [3.8, 4) is 11.5 Å². The minimum Gasteiger partial charge on any atom is -0.457 e. The number of hydrogen-bond donors (Lipinski definition) is 1. The van der Waals surface area contributed by atoms with Gasteiger partial charge >= 0.3 is 0 Å². The van der Waals surface area contributed by atoms with Crippen molar-refractivity contribution >= 4 is 11.6 Å². The van der Waals surface area contributed by atoms with Crippen LogP contribution in [-0.2, 0) is 0 Å². The van der Waals surface area contributed by atoms with Gasteiger partial charge in [0.05, 0.1) is 0 Å². The first-order valence-corrected chi connectivity index (χ1v) is 6.64. The summed E-state index contributed by atoms with van der Waals surface area (Å²) in [5.74, 6) is 1.88. The second kappa shape index (κ2) is 6.17. The quantitative estimate of drug-likeness (QED) is 0.792. The summed E-state index contributed by atoms with van der Waals surface area (Å²) in [5, 5.41) is 3.03. The second-order valence-electron chi connectivity index (χ2n) is 4.61. The summed E-state index contributed by atoms with van der Waals surface area (Å²) in [5.41, 5.74) is 0.577. The summed E-state index contributed by atoms with van der Waals surface area (Å²) in [4.78, 5) is 12.1. The predicted molar refractivity (Wildman–Crippen MR) is 80.8 cm³/mol. The van der Waals surface area contributed by atoms with E-state index in [0.29, 0.717) is 28.7 Å². The summed E-state index contributed by atoms with van der Waals surface area (Å²) in [7, 11) is 0. The standard InChI is InChI=1S/C16H13FN4O/c1-11-2-3-12(8-14(11)17)22-13-4-7-19-16(9-13)21-15-5-6-18-10-20-15/h2-10H,1H3,(H,18,19,20,21). The lowest BCUT2D eigenvalue weighted by Crippen LogP contribution is -1.96. The maximum Gasteiger partial charge on any atom is 0.135 e. The van der Waals surface area contributed by atoms with Crippen LogP contribution in [0.1, 0.15) is 5.56 Å². The summed E-state index contributed by atoms with van der Waals surface area (Å²) in [6.45, 7) is 1.70. The molecule has 22 heavy (non-hydrogen) atoms. The molecular weight excluding hydrogens is 283 g/mol. The number of pyridine rings is 1. The molecule has 2 aromatic heterocycles. The van der Waals surface area contributed by atoms with E-state index in [-0.39, 0.29) is 5.82 Å². The topological polar surface area (TPSA) is 59.9 Å². The molecule has 3 rings (SSSR count). The third-order valence-electron chi connectivity index (χ3n) is 2.95. The molecule has 0 saturated carbocycles. The van der Waals surface area contributed by atoms with Gasteiger partial charge in [-0.3, -0.25) is 0 Å². The van der Waals surface area contributed by atoms with Crippen molar-refractivity contribution in [3.63, 3.8) is 0 Å². The first-order chi connectivity index (χ1) is 10.7. The van der Waals surface area contributed by atoms with Gasteiger partial charge in [0.25, 0.3) is 0 Å². The zero-order chi connectivity index (χ0) is 15.4. The molecule has 0 aliphatic heterocycles. The van der Waals surface area contributed by atoms with Crippen LogP contribution in [0.25, 0.3) is 0 Å². The normalized spacial score (nSPS) is 10.3. The Morgan fingerprint density at radius 3 is 2.59 bits per heavy atom. The fourth-order valence-electron chi connectivity index (χ4n) is 1.81. The van der Waals surface area contributed by atoms with Crippen LogP contribution in [-0.4, -0.2) is 15.0 Å². The molecule has 2 heterocycles. The molecule has 0 bridgehead atoms. The molecule has 1 N–H and O–H groups in total. The highest BCUT2D eigenvalue weighted by molar-refractivity contribution is 5.53. The lowest BCUT2D eigenvalue weighted by Gasteiger charge is -2.09. The van der Waals surface area contributed by atoms with E-state index in [1.165, 1.54) is 12.4 Å². The zero-order valence-electron chi connectivity index (χ0n) is 11.8. The van der Waals surface area contributed by atoms with E-state index >= 15 is 0 Å². The molecule has 0 aliphatic carbocycles. The van der Waals surface area contributed by atoms with Gasteiger partial charge in [-0.25, -0.2) is 19.3 Å². The van der Waals surface area contributed by atoms with E-state index in [4.69, 9.17) is 4.74 Å². The van der Waals surface area contributed by atoms with Crippen molar-refractivity contribution in [2.45, 2.75) is 6.92 Å². The van der Waals surface area contributed by atoms with Gasteiger partial charge in [0, 0.05) is 24.5 Å². The summed E-state index contributed by atoms with van der Waals surface area (Å²) >= 11 is 0. The first kappa shape index (κ1) is 13.9. The molecule has 0 unspecified atom stereocenters. The monoisotopic (exact) mass is 296 g/mol. The van der Waals surface area contributed by atoms with Crippen molar-refractivity contribution in [3.05, 3.63) is 66.5 Å². The fraction of sp³-hybridized carbons (Fsp3) is 0.0625. The molecule has 1 aromatic carbocycles. The van der Waals surface area contributed by atoms with Gasteiger partial charge in [-0.2, -0.15) is 0 Å². The van der Waals surface area contributed by atoms with Crippen LogP contribution in [0.3, 0.4) is 0 Å². The molecule has 0 saturated heterocycles. The van der Waals surface area contributed by atoms with Crippen LogP contribution < -0.4 is 10.1 Å². The molecule has 3 aromatic rings. The van der Waals surface area contributed by atoms with Gasteiger partial charge in [-0.15, -0.1) is 0 Å². The number of anilines is 2. The van der Waals surface area contributed by atoms with Crippen molar-refractivity contribution in [1.29, 1.82) is 0 Å². The number of rotatable bonds is 4. The Morgan fingerprint density at radius 1 is 0.955 bits per heavy atom. The molecule has 110 valence electrons. The van der Waals surface area contributed by atoms with Crippen molar-refractivity contribution < 1.29 is 9.13 Å². The lowest BCUT2D eigenvalue weighted by atomic mass is 10.2. The third-order valence-corrected chi connectivity index (χ3v) is 2.95. The van der Waals surface area contributed by atoms with Crippen LogP contribution in [0, 0.1) is 12.7 Å². The average molecular weight is 296 g/mol. The highest BCUT2D eigenvalue weighted by atomic mass is 19.1. The molecular formula is C16H13FN4O. The number of hydrogen-bond acceptors (Lipinski definition) is 5. The number of halogens is 1. The van der Waals surface area contributed by atoms with E-state index < -0.39 is 0 Å². The molecule has 0 atom stereocenters. The SMILES string of the molecule is Cc1ccc(Oc2ccnc(Nc3ccncn3)c2)cc1F. The maximum atomic E-state index is 13.5. The summed E-state index contributed by atoms with van der Waals surface area (Å²) in [6, 6.07) is 9.88. The Labute approximate surface area is 126 Å². The molecule has 5 nitrogen and oxygen atoms in total. The van der Waals surface area contributed by atoms with Crippen molar-refractivity contribution in [1.82, 2.24) is 15.0 Å². The molecule has 6 heteroatoms. The number of aryl methyl sites for hydroxylation is 1. The van der Waals surface area contributed by atoms with Crippen LogP contribution in [0.5, 0.6) is 11.5 Å². The van der Waals surface area contributed by atoms with Gasteiger partial charge in [0.2, 0.25) is 0 Å². The van der Waals surface area contributed by atoms with Gasteiger partial charge in [-0.05, 0) is 30.7 Å². The molecule has 0 fully saturated rings. The number of nitrogens with zero attached hydrogens (tertiary/aromatic N) is 3. The maximum absolute atomic E-state index is 13.5. The minimum absolute atomic E-state index is 0.300. The molecule has 0 amide bonds. The molecule has 0 aliphatic rings. The Balaban J connectivity index is 1.77. The Bertz CT molecular complexity index is 780. The summed E-state index contributed by atoms with van der Waals surface area (Å²) in [6.07, 6.45) is 4.67. The van der Waals surface area contributed by atoms with Gasteiger partial charge in [0.15, 0.2) is 0 Å². The predicted octanol–water partition coefficient (Wildman–Crippen LogP) is 3.86. The number of ether oxygens (including phenoxy) is 1. The van der Waals surface area contributed by atoms with Crippen LogP contribution in [0.4, 0.5) is 16.0 Å². The van der Waals surface area contributed by atoms with Gasteiger partial charge in [0.1, 0.15) is 35.3 Å². The number of benzene rings is 1. The third kappa shape index (κ3) is 3.35. The Morgan fingerprint density at radius 2 is 1.82 bits per heavy atom. The second-order valence-corrected chi connectivity index (χ2v) is 4.61. The van der Waals surface area contributed by atoms with E-state index in [1.807, 2.05) is 0 Å². The van der Waals surface area contributed by atoms with Crippen molar-refractivity contribution in [2.24, 2.45) is 0 Å². The van der Waals surface area contributed by atoms with Crippen molar-refractivity contribution in [2.75, 3.05) is 5.32 Å². The average Bonchev–Trinajstić information content (AvgIpc) is 2.52.